The topological polar surface area (TPSA) is 100 Å². The van der Waals surface area contributed by atoms with Crippen molar-refractivity contribution in [2.45, 2.75) is 46.8 Å². The van der Waals surface area contributed by atoms with Crippen LogP contribution in [0.2, 0.25) is 0 Å². The van der Waals surface area contributed by atoms with Crippen LogP contribution in [-0.2, 0) is 11.8 Å². The van der Waals surface area contributed by atoms with Gasteiger partial charge in [0.15, 0.2) is 0 Å². The van der Waals surface area contributed by atoms with E-state index in [-0.39, 0.29) is 17.1 Å². The van der Waals surface area contributed by atoms with E-state index in [1.165, 1.54) is 29.7 Å². The highest BCUT2D eigenvalue weighted by atomic mass is 19.1. The summed E-state index contributed by atoms with van der Waals surface area (Å²) in [6, 6.07) is 3.62. The van der Waals surface area contributed by atoms with Crippen molar-refractivity contribution in [3.63, 3.8) is 0 Å². The minimum absolute atomic E-state index is 0.0956. The molecule has 156 valence electrons. The molecule has 0 saturated carbocycles. The van der Waals surface area contributed by atoms with Crippen molar-refractivity contribution in [2.75, 3.05) is 5.32 Å². The predicted octanol–water partition coefficient (Wildman–Crippen LogP) is 2.41. The monoisotopic (exact) mass is 403 g/mol. The number of nitrogens with zero attached hydrogens (tertiary/aromatic N) is 1. The zero-order valence-corrected chi connectivity index (χ0v) is 17.4. The molecule has 2 atom stereocenters. The molecule has 1 aromatic carbocycles. The van der Waals surface area contributed by atoms with E-state index in [9.17, 15) is 23.9 Å². The van der Waals surface area contributed by atoms with Gasteiger partial charge in [-0.15, -0.1) is 0 Å². The second-order valence-corrected chi connectivity index (χ2v) is 7.24. The average molecular weight is 403 g/mol. The number of halogens is 1. The number of benzene rings is 1. The molecule has 2 rings (SSSR count). The SMILES string of the molecule is Cc1cc(NC(=O)c2c(C)c(C(=O)C(=O)N[C@H](C)[C@@H](C)O)n(C)c2C)ccc1F. The third-order valence-corrected chi connectivity index (χ3v) is 5.08. The highest BCUT2D eigenvalue weighted by molar-refractivity contribution is 6.43. The van der Waals surface area contributed by atoms with Crippen molar-refractivity contribution in [1.82, 2.24) is 9.88 Å². The smallest absolute Gasteiger partial charge is 0.294 e. The fraction of sp³-hybridized carbons (Fsp3) is 0.381. The van der Waals surface area contributed by atoms with Crippen LogP contribution in [0.15, 0.2) is 18.2 Å². The van der Waals surface area contributed by atoms with E-state index in [1.807, 2.05) is 0 Å². The van der Waals surface area contributed by atoms with Crippen molar-refractivity contribution >= 4 is 23.3 Å². The number of nitrogens with one attached hydrogen (secondary N) is 2. The summed E-state index contributed by atoms with van der Waals surface area (Å²) in [7, 11) is 1.60. The first-order valence-electron chi connectivity index (χ1n) is 9.22. The first kappa shape index (κ1) is 22.3. The second-order valence-electron chi connectivity index (χ2n) is 7.24. The summed E-state index contributed by atoms with van der Waals surface area (Å²) in [5, 5.41) is 14.7. The van der Waals surface area contributed by atoms with Gasteiger partial charge in [0.25, 0.3) is 17.6 Å². The molecule has 1 aromatic heterocycles. The number of carbonyl (C=O) groups excluding carboxylic acids is 3. The molecular formula is C21H26FN3O4. The fourth-order valence-electron chi connectivity index (χ4n) is 3.05. The molecule has 2 aromatic rings. The molecule has 2 amide bonds. The summed E-state index contributed by atoms with van der Waals surface area (Å²) < 4.78 is 14.9. The van der Waals surface area contributed by atoms with Crippen LogP contribution in [0.4, 0.5) is 10.1 Å². The maximum atomic E-state index is 13.4. The lowest BCUT2D eigenvalue weighted by Gasteiger charge is -2.16. The van der Waals surface area contributed by atoms with Gasteiger partial charge in [-0.1, -0.05) is 0 Å². The molecule has 7 nitrogen and oxygen atoms in total. The number of aliphatic hydroxyl groups excluding tert-OH is 1. The van der Waals surface area contributed by atoms with Gasteiger partial charge in [0.1, 0.15) is 5.82 Å². The van der Waals surface area contributed by atoms with E-state index in [4.69, 9.17) is 0 Å². The van der Waals surface area contributed by atoms with E-state index in [2.05, 4.69) is 10.6 Å². The Morgan fingerprint density at radius 3 is 2.31 bits per heavy atom. The highest BCUT2D eigenvalue weighted by Gasteiger charge is 2.29. The molecule has 0 saturated heterocycles. The lowest BCUT2D eigenvalue weighted by molar-refractivity contribution is -0.118. The van der Waals surface area contributed by atoms with E-state index >= 15 is 0 Å². The van der Waals surface area contributed by atoms with Gasteiger partial charge in [-0.3, -0.25) is 14.4 Å². The molecule has 0 aliphatic heterocycles. The molecule has 0 spiro atoms. The van der Waals surface area contributed by atoms with E-state index in [0.717, 1.165) is 0 Å². The molecule has 0 aliphatic rings. The van der Waals surface area contributed by atoms with Gasteiger partial charge in [0.2, 0.25) is 0 Å². The summed E-state index contributed by atoms with van der Waals surface area (Å²) in [6.07, 6.45) is -0.816. The molecular weight excluding hydrogens is 377 g/mol. The number of aliphatic hydroxyl groups is 1. The van der Waals surface area contributed by atoms with Crippen molar-refractivity contribution < 1.29 is 23.9 Å². The number of amides is 2. The molecule has 0 radical (unpaired) electrons. The molecule has 3 N–H and O–H groups in total. The normalized spacial score (nSPS) is 13.0. The van der Waals surface area contributed by atoms with Gasteiger partial charge in [0, 0.05) is 18.4 Å². The quantitative estimate of drug-likeness (QED) is 0.509. The van der Waals surface area contributed by atoms with Gasteiger partial charge in [-0.2, -0.15) is 0 Å². The molecule has 29 heavy (non-hydrogen) atoms. The minimum Gasteiger partial charge on any atom is -0.391 e. The van der Waals surface area contributed by atoms with Crippen LogP contribution < -0.4 is 10.6 Å². The first-order valence-corrected chi connectivity index (χ1v) is 9.22. The predicted molar refractivity (Wildman–Crippen MR) is 108 cm³/mol. The van der Waals surface area contributed by atoms with E-state index < -0.39 is 29.7 Å². The second kappa shape index (κ2) is 8.57. The number of anilines is 1. The molecule has 0 aliphatic carbocycles. The third kappa shape index (κ3) is 4.54. The summed E-state index contributed by atoms with van der Waals surface area (Å²) in [6.45, 7) is 7.95. The Balaban J connectivity index is 2.34. The summed E-state index contributed by atoms with van der Waals surface area (Å²) in [5.41, 5.74) is 2.06. The Kier molecular flexibility index (Phi) is 6.58. The Labute approximate surface area is 168 Å². The van der Waals surface area contributed by atoms with E-state index in [0.29, 0.717) is 22.5 Å². The van der Waals surface area contributed by atoms with E-state index in [1.54, 1.807) is 34.7 Å². The maximum Gasteiger partial charge on any atom is 0.294 e. The molecule has 1 heterocycles. The summed E-state index contributed by atoms with van der Waals surface area (Å²) in [5.74, 6) is -2.49. The number of ketones is 1. The number of aryl methyl sites for hydroxylation is 1. The van der Waals surface area contributed by atoms with Gasteiger partial charge >= 0.3 is 0 Å². The average Bonchev–Trinajstić information content (AvgIpc) is 2.86. The van der Waals surface area contributed by atoms with Crippen LogP contribution >= 0.6 is 0 Å². The summed E-state index contributed by atoms with van der Waals surface area (Å²) >= 11 is 0. The summed E-state index contributed by atoms with van der Waals surface area (Å²) in [4.78, 5) is 37.8. The number of carbonyl (C=O) groups is 3. The zero-order chi connectivity index (χ0) is 22.0. The van der Waals surface area contributed by atoms with Gasteiger partial charge < -0.3 is 20.3 Å². The van der Waals surface area contributed by atoms with Crippen LogP contribution in [0.5, 0.6) is 0 Å². The van der Waals surface area contributed by atoms with Crippen molar-refractivity contribution in [1.29, 1.82) is 0 Å². The lowest BCUT2D eigenvalue weighted by Crippen LogP contribution is -2.43. The highest BCUT2D eigenvalue weighted by Crippen LogP contribution is 2.24. The lowest BCUT2D eigenvalue weighted by atomic mass is 10.1. The zero-order valence-electron chi connectivity index (χ0n) is 17.4. The molecule has 0 unspecified atom stereocenters. The number of hydrogen-bond donors (Lipinski definition) is 3. The Morgan fingerprint density at radius 1 is 1.14 bits per heavy atom. The number of aromatic nitrogens is 1. The Morgan fingerprint density at radius 2 is 1.76 bits per heavy atom. The number of rotatable bonds is 6. The number of Topliss-reactive ketones (excluding diaryl/α,β-unsaturated/α-hetero) is 1. The van der Waals surface area contributed by atoms with Crippen LogP contribution in [0.3, 0.4) is 0 Å². The maximum absolute atomic E-state index is 13.4. The van der Waals surface area contributed by atoms with Crippen LogP contribution in [0.25, 0.3) is 0 Å². The van der Waals surface area contributed by atoms with Gasteiger partial charge in [-0.25, -0.2) is 4.39 Å². The van der Waals surface area contributed by atoms with Gasteiger partial charge in [-0.05, 0) is 63.9 Å². The first-order chi connectivity index (χ1) is 13.5. The van der Waals surface area contributed by atoms with Crippen molar-refractivity contribution in [3.05, 3.63) is 52.1 Å². The third-order valence-electron chi connectivity index (χ3n) is 5.08. The van der Waals surface area contributed by atoms with Crippen LogP contribution in [0.1, 0.15) is 51.5 Å². The number of hydrogen-bond acceptors (Lipinski definition) is 4. The van der Waals surface area contributed by atoms with Crippen LogP contribution in [-0.4, -0.2) is 39.4 Å². The standard InChI is InChI=1S/C21H26FN3O4/c1-10-9-15(7-8-16(10)22)24-20(28)17-11(2)18(25(6)13(17)4)19(27)21(29)23-12(3)14(5)26/h7-9,12,14,26H,1-6H3,(H,23,29)(H,24,28)/t12-,14-/m1/s1. The van der Waals surface area contributed by atoms with Crippen LogP contribution in [0, 0.1) is 26.6 Å². The van der Waals surface area contributed by atoms with Crippen molar-refractivity contribution in [3.8, 4) is 0 Å². The Bertz CT molecular complexity index is 979. The molecule has 8 heteroatoms. The largest absolute Gasteiger partial charge is 0.391 e. The van der Waals surface area contributed by atoms with Crippen molar-refractivity contribution in [2.24, 2.45) is 7.05 Å². The molecule has 0 fully saturated rings. The Hall–Kier alpha value is -3.00. The fourth-order valence-corrected chi connectivity index (χ4v) is 3.05. The molecule has 0 bridgehead atoms. The minimum atomic E-state index is -0.858. The van der Waals surface area contributed by atoms with Gasteiger partial charge in [0.05, 0.1) is 23.4 Å².